The summed E-state index contributed by atoms with van der Waals surface area (Å²) in [4.78, 5) is 4.07. The van der Waals surface area contributed by atoms with Crippen LogP contribution in [0.5, 0.6) is 11.5 Å². The molecule has 104 valence electrons. The Balaban J connectivity index is 1.99. The van der Waals surface area contributed by atoms with E-state index in [2.05, 4.69) is 15.5 Å². The molecule has 0 aliphatic heterocycles. The highest BCUT2D eigenvalue weighted by atomic mass is 16.5. The van der Waals surface area contributed by atoms with Gasteiger partial charge in [0.25, 0.3) is 0 Å². The van der Waals surface area contributed by atoms with E-state index >= 15 is 0 Å². The van der Waals surface area contributed by atoms with Crippen molar-refractivity contribution >= 4 is 12.0 Å². The molecule has 5 nitrogen and oxygen atoms in total. The van der Waals surface area contributed by atoms with Gasteiger partial charge in [-0.05, 0) is 30.7 Å². The van der Waals surface area contributed by atoms with Crippen molar-refractivity contribution in [2.24, 2.45) is 5.10 Å². The van der Waals surface area contributed by atoms with E-state index in [4.69, 9.17) is 4.74 Å². The highest BCUT2D eigenvalue weighted by Gasteiger charge is 2.01. The Kier molecular flexibility index (Phi) is 4.94. The number of aromatic hydroxyl groups is 1. The van der Waals surface area contributed by atoms with Crippen LogP contribution in [0.3, 0.4) is 0 Å². The number of rotatable bonds is 6. The predicted molar refractivity (Wildman–Crippen MR) is 79.3 cm³/mol. The van der Waals surface area contributed by atoms with Gasteiger partial charge in [-0.2, -0.15) is 5.10 Å². The van der Waals surface area contributed by atoms with Crippen LogP contribution in [0, 0.1) is 0 Å². The summed E-state index contributed by atoms with van der Waals surface area (Å²) in [7, 11) is 0. The largest absolute Gasteiger partial charge is 0.507 e. The van der Waals surface area contributed by atoms with Crippen molar-refractivity contribution in [3.63, 3.8) is 0 Å². The van der Waals surface area contributed by atoms with Gasteiger partial charge in [0.2, 0.25) is 0 Å². The van der Waals surface area contributed by atoms with E-state index in [0.29, 0.717) is 23.7 Å². The van der Waals surface area contributed by atoms with Crippen molar-refractivity contribution in [2.75, 3.05) is 12.0 Å². The lowest BCUT2D eigenvalue weighted by Crippen LogP contribution is -1.96. The van der Waals surface area contributed by atoms with Crippen molar-refractivity contribution in [2.45, 2.75) is 13.3 Å². The maximum absolute atomic E-state index is 9.87. The smallest absolute Gasteiger partial charge is 0.146 e. The zero-order chi connectivity index (χ0) is 14.2. The molecule has 2 N–H and O–H groups in total. The minimum absolute atomic E-state index is 0.130. The van der Waals surface area contributed by atoms with Gasteiger partial charge in [-0.3, -0.25) is 5.43 Å². The van der Waals surface area contributed by atoms with E-state index in [1.165, 1.54) is 6.21 Å². The Morgan fingerprint density at radius 1 is 1.35 bits per heavy atom. The number of ether oxygens (including phenoxy) is 1. The number of hydrogen-bond acceptors (Lipinski definition) is 5. The van der Waals surface area contributed by atoms with Crippen LogP contribution in [0.25, 0.3) is 0 Å². The number of phenols is 1. The van der Waals surface area contributed by atoms with E-state index < -0.39 is 0 Å². The van der Waals surface area contributed by atoms with Gasteiger partial charge in [-0.15, -0.1) is 0 Å². The molecular formula is C15H17N3O2. The third kappa shape index (κ3) is 3.98. The highest BCUT2D eigenvalue weighted by Crippen LogP contribution is 2.22. The molecule has 0 aliphatic rings. The Labute approximate surface area is 117 Å². The van der Waals surface area contributed by atoms with Gasteiger partial charge in [0.15, 0.2) is 0 Å². The predicted octanol–water partition coefficient (Wildman–Crippen LogP) is 3.02. The first kappa shape index (κ1) is 13.9. The van der Waals surface area contributed by atoms with E-state index in [1.54, 1.807) is 30.5 Å². The van der Waals surface area contributed by atoms with E-state index in [9.17, 15) is 5.11 Å². The molecule has 0 fully saturated rings. The number of pyridine rings is 1. The summed E-state index contributed by atoms with van der Waals surface area (Å²) in [6.07, 6.45) is 4.14. The van der Waals surface area contributed by atoms with Crippen molar-refractivity contribution in [1.29, 1.82) is 0 Å². The molecule has 0 amide bonds. The van der Waals surface area contributed by atoms with Crippen LogP contribution in [0.1, 0.15) is 18.9 Å². The molecule has 5 heteroatoms. The molecule has 1 aromatic carbocycles. The fourth-order valence-corrected chi connectivity index (χ4v) is 1.54. The van der Waals surface area contributed by atoms with Crippen LogP contribution in [-0.4, -0.2) is 22.9 Å². The molecule has 2 rings (SSSR count). The molecule has 0 radical (unpaired) electrons. The summed E-state index contributed by atoms with van der Waals surface area (Å²) in [6.45, 7) is 2.66. The zero-order valence-corrected chi connectivity index (χ0v) is 11.3. The van der Waals surface area contributed by atoms with Gasteiger partial charge in [0.05, 0.1) is 12.8 Å². The third-order valence-electron chi connectivity index (χ3n) is 2.52. The molecule has 0 saturated heterocycles. The van der Waals surface area contributed by atoms with Crippen molar-refractivity contribution in [1.82, 2.24) is 4.98 Å². The minimum Gasteiger partial charge on any atom is -0.507 e. The summed E-state index contributed by atoms with van der Waals surface area (Å²) in [5, 5.41) is 13.9. The maximum Gasteiger partial charge on any atom is 0.146 e. The monoisotopic (exact) mass is 271 g/mol. The van der Waals surface area contributed by atoms with E-state index in [0.717, 1.165) is 6.42 Å². The molecule has 0 unspecified atom stereocenters. The molecule has 20 heavy (non-hydrogen) atoms. The van der Waals surface area contributed by atoms with Crippen LogP contribution in [-0.2, 0) is 0 Å². The minimum atomic E-state index is 0.130. The Bertz CT molecular complexity index is 571. The topological polar surface area (TPSA) is 66.7 Å². The molecule has 0 aliphatic carbocycles. The second-order valence-corrected chi connectivity index (χ2v) is 4.15. The summed E-state index contributed by atoms with van der Waals surface area (Å²) >= 11 is 0. The number of aromatic nitrogens is 1. The summed E-state index contributed by atoms with van der Waals surface area (Å²) in [5.41, 5.74) is 3.39. The first-order valence-electron chi connectivity index (χ1n) is 6.45. The Morgan fingerprint density at radius 3 is 2.95 bits per heavy atom. The zero-order valence-electron chi connectivity index (χ0n) is 11.3. The van der Waals surface area contributed by atoms with Gasteiger partial charge < -0.3 is 9.84 Å². The normalized spacial score (nSPS) is 10.7. The molecule has 0 atom stereocenters. The quantitative estimate of drug-likeness (QED) is 0.626. The van der Waals surface area contributed by atoms with Crippen molar-refractivity contribution in [3.05, 3.63) is 48.2 Å². The van der Waals surface area contributed by atoms with Crippen LogP contribution < -0.4 is 10.2 Å². The number of benzene rings is 1. The lowest BCUT2D eigenvalue weighted by Gasteiger charge is -2.06. The molecular weight excluding hydrogens is 254 g/mol. The molecule has 0 saturated carbocycles. The second-order valence-electron chi connectivity index (χ2n) is 4.15. The number of hydrogen-bond donors (Lipinski definition) is 2. The first-order valence-corrected chi connectivity index (χ1v) is 6.45. The Morgan fingerprint density at radius 2 is 2.25 bits per heavy atom. The Hall–Kier alpha value is -2.56. The summed E-state index contributed by atoms with van der Waals surface area (Å²) < 4.78 is 5.43. The molecule has 2 aromatic rings. The second kappa shape index (κ2) is 7.13. The van der Waals surface area contributed by atoms with E-state index in [1.807, 2.05) is 19.1 Å². The van der Waals surface area contributed by atoms with Crippen LogP contribution in [0.2, 0.25) is 0 Å². The van der Waals surface area contributed by atoms with Crippen LogP contribution in [0.4, 0.5) is 5.82 Å². The number of nitrogens with one attached hydrogen (secondary N) is 1. The summed E-state index contributed by atoms with van der Waals surface area (Å²) in [6, 6.07) is 10.6. The lowest BCUT2D eigenvalue weighted by atomic mass is 10.2. The fraction of sp³-hybridized carbons (Fsp3) is 0.200. The summed E-state index contributed by atoms with van der Waals surface area (Å²) in [5.74, 6) is 1.43. The standard InChI is InChI=1S/C15H17N3O2/c1-2-9-20-13-7-6-12(14(19)10-13)11-17-18-15-5-3-4-8-16-15/h3-8,10-11,19H,2,9H2,1H3,(H,16,18). The van der Waals surface area contributed by atoms with Crippen molar-refractivity contribution in [3.8, 4) is 11.5 Å². The van der Waals surface area contributed by atoms with Crippen molar-refractivity contribution < 1.29 is 9.84 Å². The number of nitrogens with zero attached hydrogens (tertiary/aromatic N) is 2. The highest BCUT2D eigenvalue weighted by molar-refractivity contribution is 5.84. The number of phenolic OH excluding ortho intramolecular Hbond substituents is 1. The van der Waals surface area contributed by atoms with E-state index in [-0.39, 0.29) is 5.75 Å². The van der Waals surface area contributed by atoms with Gasteiger partial charge in [-0.25, -0.2) is 4.98 Å². The molecule has 0 bridgehead atoms. The van der Waals surface area contributed by atoms with Crippen LogP contribution in [0.15, 0.2) is 47.7 Å². The fourth-order valence-electron chi connectivity index (χ4n) is 1.54. The van der Waals surface area contributed by atoms with Gasteiger partial charge >= 0.3 is 0 Å². The molecule has 1 aromatic heterocycles. The SMILES string of the molecule is CCCOc1ccc(C=NNc2ccccn2)c(O)c1. The molecule has 1 heterocycles. The average molecular weight is 271 g/mol. The van der Waals surface area contributed by atoms with Crippen LogP contribution >= 0.6 is 0 Å². The van der Waals surface area contributed by atoms with Gasteiger partial charge in [-0.1, -0.05) is 13.0 Å². The maximum atomic E-state index is 9.87. The average Bonchev–Trinajstić information content (AvgIpc) is 2.48. The number of hydrazone groups is 1. The molecule has 0 spiro atoms. The van der Waals surface area contributed by atoms with Gasteiger partial charge in [0, 0.05) is 17.8 Å². The number of anilines is 1. The van der Waals surface area contributed by atoms with Gasteiger partial charge in [0.1, 0.15) is 17.3 Å². The first-order chi connectivity index (χ1) is 9.79. The third-order valence-corrected chi connectivity index (χ3v) is 2.52. The lowest BCUT2D eigenvalue weighted by molar-refractivity contribution is 0.315.